The van der Waals surface area contributed by atoms with Gasteiger partial charge >= 0.3 is 0 Å². The number of nitrogens with zero attached hydrogens (tertiary/aromatic N) is 1. The van der Waals surface area contributed by atoms with Gasteiger partial charge in [-0.2, -0.15) is 0 Å². The molecule has 0 bridgehead atoms. The monoisotopic (exact) mass is 265 g/mol. The Labute approximate surface area is 114 Å². The first kappa shape index (κ1) is 15.1. The van der Waals surface area contributed by atoms with Gasteiger partial charge in [0.15, 0.2) is 0 Å². The summed E-state index contributed by atoms with van der Waals surface area (Å²) < 4.78 is 5.76. The Bertz CT molecular complexity index is 421. The molecule has 2 atom stereocenters. The highest BCUT2D eigenvalue weighted by Gasteiger charge is 2.06. The van der Waals surface area contributed by atoms with Crippen LogP contribution in [0.5, 0.6) is 5.75 Å². The highest BCUT2D eigenvalue weighted by molar-refractivity contribution is 5.80. The van der Waals surface area contributed by atoms with E-state index in [-0.39, 0.29) is 18.0 Å². The summed E-state index contributed by atoms with van der Waals surface area (Å²) in [4.78, 5) is 0. The molecule has 0 saturated heterocycles. The second kappa shape index (κ2) is 7.51. The van der Waals surface area contributed by atoms with Crippen molar-refractivity contribution in [3.8, 4) is 5.75 Å². The van der Waals surface area contributed by atoms with Gasteiger partial charge in [-0.15, -0.1) is 0 Å². The van der Waals surface area contributed by atoms with Gasteiger partial charge in [0, 0.05) is 24.2 Å². The van der Waals surface area contributed by atoms with Crippen LogP contribution in [0.1, 0.15) is 33.6 Å². The Kier molecular flexibility index (Phi) is 5.99. The zero-order valence-corrected chi connectivity index (χ0v) is 11.8. The molecule has 106 valence electrons. The minimum absolute atomic E-state index is 0.0785. The lowest BCUT2D eigenvalue weighted by molar-refractivity contribution is 0.217. The third kappa shape index (κ3) is 5.50. The van der Waals surface area contributed by atoms with Crippen molar-refractivity contribution in [3.05, 3.63) is 24.3 Å². The van der Waals surface area contributed by atoms with Crippen molar-refractivity contribution >= 4 is 11.5 Å². The van der Waals surface area contributed by atoms with Crippen molar-refractivity contribution < 1.29 is 9.94 Å². The van der Waals surface area contributed by atoms with Crippen molar-refractivity contribution in [2.45, 2.75) is 45.8 Å². The summed E-state index contributed by atoms with van der Waals surface area (Å²) >= 11 is 0. The summed E-state index contributed by atoms with van der Waals surface area (Å²) in [5.74, 6) is 1.06. The van der Waals surface area contributed by atoms with Crippen molar-refractivity contribution in [2.24, 2.45) is 10.9 Å². The van der Waals surface area contributed by atoms with Crippen LogP contribution in [0.25, 0.3) is 0 Å². The van der Waals surface area contributed by atoms with E-state index in [0.29, 0.717) is 6.42 Å². The van der Waals surface area contributed by atoms with Gasteiger partial charge in [0.05, 0.1) is 6.10 Å². The van der Waals surface area contributed by atoms with E-state index < -0.39 is 0 Å². The molecule has 0 fully saturated rings. The molecular formula is C14H23N3O2. The molecule has 0 amide bonds. The SMILES string of the molecule is CCC(C)Oc1cccc(NC(C)CC(N)=NO)c1. The van der Waals surface area contributed by atoms with Gasteiger partial charge in [-0.05, 0) is 32.4 Å². The lowest BCUT2D eigenvalue weighted by Gasteiger charge is -2.17. The number of nitrogens with one attached hydrogen (secondary N) is 1. The molecule has 0 aliphatic rings. The number of rotatable bonds is 7. The van der Waals surface area contributed by atoms with Crippen molar-refractivity contribution in [3.63, 3.8) is 0 Å². The third-order valence-corrected chi connectivity index (χ3v) is 2.80. The summed E-state index contributed by atoms with van der Waals surface area (Å²) in [6.07, 6.45) is 1.65. The first-order valence-electron chi connectivity index (χ1n) is 6.54. The van der Waals surface area contributed by atoms with Crippen LogP contribution in [0.15, 0.2) is 29.4 Å². The fraction of sp³-hybridized carbons (Fsp3) is 0.500. The number of nitrogens with two attached hydrogens (primary N) is 1. The van der Waals surface area contributed by atoms with E-state index in [2.05, 4.69) is 17.4 Å². The van der Waals surface area contributed by atoms with Gasteiger partial charge in [-0.25, -0.2) is 0 Å². The maximum atomic E-state index is 8.54. The number of oxime groups is 1. The number of amidine groups is 1. The van der Waals surface area contributed by atoms with E-state index in [1.165, 1.54) is 0 Å². The van der Waals surface area contributed by atoms with Crippen molar-refractivity contribution in [1.82, 2.24) is 0 Å². The van der Waals surface area contributed by atoms with Crippen molar-refractivity contribution in [2.75, 3.05) is 5.32 Å². The first-order valence-corrected chi connectivity index (χ1v) is 6.54. The normalized spacial score (nSPS) is 14.8. The number of hydrogen-bond donors (Lipinski definition) is 3. The molecule has 0 saturated carbocycles. The van der Waals surface area contributed by atoms with Crippen LogP contribution in [-0.4, -0.2) is 23.2 Å². The lowest BCUT2D eigenvalue weighted by atomic mass is 10.2. The van der Waals surface area contributed by atoms with E-state index in [1.807, 2.05) is 38.1 Å². The zero-order valence-electron chi connectivity index (χ0n) is 11.8. The van der Waals surface area contributed by atoms with Gasteiger partial charge in [0.25, 0.3) is 0 Å². The summed E-state index contributed by atoms with van der Waals surface area (Å²) in [6.45, 7) is 6.10. The molecule has 0 spiro atoms. The van der Waals surface area contributed by atoms with Crippen LogP contribution in [0.4, 0.5) is 5.69 Å². The average molecular weight is 265 g/mol. The maximum Gasteiger partial charge on any atom is 0.141 e. The number of ether oxygens (including phenoxy) is 1. The van der Waals surface area contributed by atoms with Crippen molar-refractivity contribution in [1.29, 1.82) is 0 Å². The molecule has 1 aromatic carbocycles. The molecular weight excluding hydrogens is 242 g/mol. The fourth-order valence-corrected chi connectivity index (χ4v) is 1.66. The summed E-state index contributed by atoms with van der Waals surface area (Å²) in [5, 5.41) is 14.8. The van der Waals surface area contributed by atoms with E-state index in [9.17, 15) is 0 Å². The molecule has 19 heavy (non-hydrogen) atoms. The first-order chi connectivity index (χ1) is 9.05. The minimum atomic E-state index is 0.0785. The summed E-state index contributed by atoms with van der Waals surface area (Å²) in [5.41, 5.74) is 6.43. The van der Waals surface area contributed by atoms with E-state index in [1.54, 1.807) is 0 Å². The number of anilines is 1. The van der Waals surface area contributed by atoms with E-state index >= 15 is 0 Å². The molecule has 1 aromatic rings. The summed E-state index contributed by atoms with van der Waals surface area (Å²) in [7, 11) is 0. The number of benzene rings is 1. The third-order valence-electron chi connectivity index (χ3n) is 2.80. The molecule has 0 radical (unpaired) electrons. The topological polar surface area (TPSA) is 79.9 Å². The van der Waals surface area contributed by atoms with Crippen LogP contribution >= 0.6 is 0 Å². The Hall–Kier alpha value is -1.91. The smallest absolute Gasteiger partial charge is 0.141 e. The second-order valence-electron chi connectivity index (χ2n) is 4.71. The van der Waals surface area contributed by atoms with Gasteiger partial charge in [0.1, 0.15) is 11.6 Å². The Balaban J connectivity index is 2.61. The maximum absolute atomic E-state index is 8.54. The standard InChI is InChI=1S/C14H23N3O2/c1-4-11(3)19-13-7-5-6-12(9-13)16-10(2)8-14(15)17-18/h5-7,9-11,16,18H,4,8H2,1-3H3,(H2,15,17). The average Bonchev–Trinajstić information content (AvgIpc) is 2.38. The Morgan fingerprint density at radius 3 is 2.84 bits per heavy atom. The van der Waals surface area contributed by atoms with Crippen LogP contribution < -0.4 is 15.8 Å². The lowest BCUT2D eigenvalue weighted by Crippen LogP contribution is -2.24. The molecule has 0 aliphatic heterocycles. The van der Waals surface area contributed by atoms with E-state index in [4.69, 9.17) is 15.7 Å². The minimum Gasteiger partial charge on any atom is -0.491 e. The van der Waals surface area contributed by atoms with E-state index in [0.717, 1.165) is 17.9 Å². The Morgan fingerprint density at radius 2 is 2.21 bits per heavy atom. The van der Waals surface area contributed by atoms with Crippen LogP contribution in [0, 0.1) is 0 Å². The second-order valence-corrected chi connectivity index (χ2v) is 4.71. The molecule has 2 unspecified atom stereocenters. The highest BCUT2D eigenvalue weighted by atomic mass is 16.5. The molecule has 5 heteroatoms. The molecule has 0 aliphatic carbocycles. The van der Waals surface area contributed by atoms with Gasteiger partial charge in [0.2, 0.25) is 0 Å². The van der Waals surface area contributed by atoms with Crippen LogP contribution in [0.2, 0.25) is 0 Å². The predicted molar refractivity (Wildman–Crippen MR) is 77.9 cm³/mol. The van der Waals surface area contributed by atoms with Gasteiger partial charge in [-0.1, -0.05) is 18.1 Å². The summed E-state index contributed by atoms with van der Waals surface area (Å²) in [6, 6.07) is 7.87. The van der Waals surface area contributed by atoms with Gasteiger partial charge in [-0.3, -0.25) is 0 Å². The largest absolute Gasteiger partial charge is 0.491 e. The molecule has 5 nitrogen and oxygen atoms in total. The van der Waals surface area contributed by atoms with Gasteiger partial charge < -0.3 is 21.0 Å². The molecule has 0 heterocycles. The van der Waals surface area contributed by atoms with Crippen LogP contribution in [0.3, 0.4) is 0 Å². The zero-order chi connectivity index (χ0) is 14.3. The molecule has 1 rings (SSSR count). The molecule has 4 N–H and O–H groups in total. The Morgan fingerprint density at radius 1 is 1.47 bits per heavy atom. The quantitative estimate of drug-likeness (QED) is 0.306. The number of hydrogen-bond acceptors (Lipinski definition) is 4. The molecule has 0 aromatic heterocycles. The van der Waals surface area contributed by atoms with Crippen LogP contribution in [-0.2, 0) is 0 Å². The fourth-order valence-electron chi connectivity index (χ4n) is 1.66. The predicted octanol–water partition coefficient (Wildman–Crippen LogP) is 2.80. The highest BCUT2D eigenvalue weighted by Crippen LogP contribution is 2.20.